The van der Waals surface area contributed by atoms with Gasteiger partial charge < -0.3 is 5.11 Å². The van der Waals surface area contributed by atoms with Crippen molar-refractivity contribution in [2.75, 3.05) is 13.2 Å². The average molecular weight is 256 g/mol. The van der Waals surface area contributed by atoms with Crippen molar-refractivity contribution in [3.63, 3.8) is 0 Å². The second kappa shape index (κ2) is 5.94. The van der Waals surface area contributed by atoms with Crippen molar-refractivity contribution in [1.29, 1.82) is 0 Å². The molecule has 0 saturated carbocycles. The topological polar surface area (TPSA) is 36.4 Å². The third-order valence-electron chi connectivity index (χ3n) is 2.68. The van der Waals surface area contributed by atoms with Crippen molar-refractivity contribution < 1.29 is 5.11 Å². The Balaban J connectivity index is 2.70. The standard InChI is InChI=1S/C13H24N2OS/c1-10(2)15(6-7-16)8-11-9-17-12(14-11)13(3,4)5/h9-10,16H,6-8H2,1-5H3. The summed E-state index contributed by atoms with van der Waals surface area (Å²) in [6.07, 6.45) is 0. The van der Waals surface area contributed by atoms with Crippen LogP contribution < -0.4 is 0 Å². The molecule has 1 aromatic rings. The summed E-state index contributed by atoms with van der Waals surface area (Å²) in [6.45, 7) is 12.6. The molecule has 0 aliphatic rings. The number of aromatic nitrogens is 1. The highest BCUT2D eigenvalue weighted by molar-refractivity contribution is 7.09. The van der Waals surface area contributed by atoms with Crippen LogP contribution in [-0.4, -0.2) is 34.2 Å². The van der Waals surface area contributed by atoms with E-state index >= 15 is 0 Å². The highest BCUT2D eigenvalue weighted by Gasteiger charge is 2.19. The Kier molecular flexibility index (Phi) is 5.10. The fraction of sp³-hybridized carbons (Fsp3) is 0.769. The summed E-state index contributed by atoms with van der Waals surface area (Å²) in [5.41, 5.74) is 1.24. The summed E-state index contributed by atoms with van der Waals surface area (Å²) in [7, 11) is 0. The lowest BCUT2D eigenvalue weighted by molar-refractivity contribution is 0.158. The van der Waals surface area contributed by atoms with Crippen molar-refractivity contribution in [2.24, 2.45) is 0 Å². The molecule has 1 heterocycles. The molecule has 0 amide bonds. The molecule has 0 atom stereocenters. The zero-order valence-corrected chi connectivity index (χ0v) is 12.3. The third kappa shape index (κ3) is 4.37. The predicted octanol–water partition coefficient (Wildman–Crippen LogP) is 2.64. The molecular formula is C13H24N2OS. The van der Waals surface area contributed by atoms with Gasteiger partial charge in [-0.25, -0.2) is 4.98 Å². The van der Waals surface area contributed by atoms with Crippen LogP contribution in [0.1, 0.15) is 45.3 Å². The molecule has 0 saturated heterocycles. The lowest BCUT2D eigenvalue weighted by atomic mass is 9.98. The molecule has 1 aromatic heterocycles. The van der Waals surface area contributed by atoms with Gasteiger partial charge in [0, 0.05) is 29.9 Å². The van der Waals surface area contributed by atoms with Crippen LogP contribution in [0.2, 0.25) is 0 Å². The van der Waals surface area contributed by atoms with Crippen LogP contribution in [-0.2, 0) is 12.0 Å². The zero-order valence-electron chi connectivity index (χ0n) is 11.5. The Morgan fingerprint density at radius 3 is 2.47 bits per heavy atom. The van der Waals surface area contributed by atoms with Crippen LogP contribution in [0.3, 0.4) is 0 Å². The Morgan fingerprint density at radius 2 is 2.06 bits per heavy atom. The number of aliphatic hydroxyl groups excluding tert-OH is 1. The number of hydrogen-bond acceptors (Lipinski definition) is 4. The minimum Gasteiger partial charge on any atom is -0.395 e. The van der Waals surface area contributed by atoms with Crippen LogP contribution in [0.4, 0.5) is 0 Å². The van der Waals surface area contributed by atoms with E-state index in [1.54, 1.807) is 11.3 Å². The first-order chi connectivity index (χ1) is 7.84. The van der Waals surface area contributed by atoms with Gasteiger partial charge in [-0.2, -0.15) is 0 Å². The Hall–Kier alpha value is -0.450. The third-order valence-corrected chi connectivity index (χ3v) is 3.99. The molecule has 0 aliphatic carbocycles. The Labute approximate surface area is 108 Å². The first-order valence-electron chi connectivity index (χ1n) is 6.14. The van der Waals surface area contributed by atoms with Crippen molar-refractivity contribution in [1.82, 2.24) is 9.88 Å². The zero-order chi connectivity index (χ0) is 13.1. The summed E-state index contributed by atoms with van der Waals surface area (Å²) in [6, 6.07) is 0.432. The fourth-order valence-electron chi connectivity index (χ4n) is 1.58. The van der Waals surface area contributed by atoms with Gasteiger partial charge in [-0.15, -0.1) is 11.3 Å². The van der Waals surface area contributed by atoms with Crippen molar-refractivity contribution in [2.45, 2.75) is 52.6 Å². The number of hydrogen-bond donors (Lipinski definition) is 1. The lowest BCUT2D eigenvalue weighted by Gasteiger charge is -2.24. The summed E-state index contributed by atoms with van der Waals surface area (Å²) in [5, 5.41) is 12.4. The smallest absolute Gasteiger partial charge is 0.0982 e. The van der Waals surface area contributed by atoms with E-state index in [2.05, 4.69) is 49.9 Å². The molecule has 0 bridgehead atoms. The fourth-order valence-corrected chi connectivity index (χ4v) is 2.48. The van der Waals surface area contributed by atoms with Crippen molar-refractivity contribution in [3.05, 3.63) is 16.1 Å². The van der Waals surface area contributed by atoms with Gasteiger partial charge >= 0.3 is 0 Å². The molecule has 0 aromatic carbocycles. The Morgan fingerprint density at radius 1 is 1.41 bits per heavy atom. The number of nitrogens with zero attached hydrogens (tertiary/aromatic N) is 2. The SMILES string of the molecule is CC(C)N(CCO)Cc1csc(C(C)(C)C)n1. The van der Waals surface area contributed by atoms with E-state index in [-0.39, 0.29) is 12.0 Å². The van der Waals surface area contributed by atoms with E-state index in [1.807, 2.05) is 0 Å². The molecule has 1 N–H and O–H groups in total. The molecule has 3 nitrogen and oxygen atoms in total. The molecule has 17 heavy (non-hydrogen) atoms. The van der Waals surface area contributed by atoms with Crippen LogP contribution in [0.25, 0.3) is 0 Å². The van der Waals surface area contributed by atoms with Gasteiger partial charge in [0.05, 0.1) is 17.3 Å². The number of thiazole rings is 1. The summed E-state index contributed by atoms with van der Waals surface area (Å²) < 4.78 is 0. The number of aliphatic hydroxyl groups is 1. The van der Waals surface area contributed by atoms with Crippen molar-refractivity contribution >= 4 is 11.3 Å². The molecule has 4 heteroatoms. The van der Waals surface area contributed by atoms with Gasteiger partial charge in [0.25, 0.3) is 0 Å². The van der Waals surface area contributed by atoms with Crippen LogP contribution >= 0.6 is 11.3 Å². The quantitative estimate of drug-likeness (QED) is 0.880. The first kappa shape index (κ1) is 14.6. The maximum Gasteiger partial charge on any atom is 0.0982 e. The van der Waals surface area contributed by atoms with Crippen LogP contribution in [0.5, 0.6) is 0 Å². The summed E-state index contributed by atoms with van der Waals surface area (Å²) >= 11 is 1.73. The Bertz CT molecular complexity index is 341. The molecule has 0 spiro atoms. The first-order valence-corrected chi connectivity index (χ1v) is 7.02. The molecule has 0 unspecified atom stereocenters. The summed E-state index contributed by atoms with van der Waals surface area (Å²) in [5.74, 6) is 0. The molecule has 98 valence electrons. The van der Waals surface area contributed by atoms with E-state index in [0.29, 0.717) is 12.6 Å². The highest BCUT2D eigenvalue weighted by Crippen LogP contribution is 2.26. The van der Waals surface area contributed by atoms with Crippen LogP contribution in [0.15, 0.2) is 5.38 Å². The number of rotatable bonds is 5. The summed E-state index contributed by atoms with van der Waals surface area (Å²) in [4.78, 5) is 6.92. The molecular weight excluding hydrogens is 232 g/mol. The van der Waals surface area contributed by atoms with Gasteiger partial charge in [0.1, 0.15) is 0 Å². The van der Waals surface area contributed by atoms with Gasteiger partial charge in [-0.3, -0.25) is 4.90 Å². The normalized spacial score (nSPS) is 12.7. The van der Waals surface area contributed by atoms with E-state index in [9.17, 15) is 0 Å². The molecule has 1 rings (SSSR count). The maximum absolute atomic E-state index is 9.04. The second-order valence-electron chi connectivity index (χ2n) is 5.68. The van der Waals surface area contributed by atoms with Gasteiger partial charge in [-0.1, -0.05) is 20.8 Å². The maximum atomic E-state index is 9.04. The van der Waals surface area contributed by atoms with E-state index < -0.39 is 0 Å². The minimum absolute atomic E-state index is 0.128. The van der Waals surface area contributed by atoms with Gasteiger partial charge in [-0.05, 0) is 13.8 Å². The lowest BCUT2D eigenvalue weighted by Crippen LogP contribution is -2.33. The van der Waals surface area contributed by atoms with Gasteiger partial charge in [0.15, 0.2) is 0 Å². The van der Waals surface area contributed by atoms with E-state index in [0.717, 1.165) is 12.2 Å². The highest BCUT2D eigenvalue weighted by atomic mass is 32.1. The average Bonchev–Trinajstić information content (AvgIpc) is 2.64. The van der Waals surface area contributed by atoms with Crippen molar-refractivity contribution in [3.8, 4) is 0 Å². The molecule has 0 fully saturated rings. The van der Waals surface area contributed by atoms with E-state index in [4.69, 9.17) is 5.11 Å². The van der Waals surface area contributed by atoms with Crippen LogP contribution in [0, 0.1) is 0 Å². The van der Waals surface area contributed by atoms with Gasteiger partial charge in [0.2, 0.25) is 0 Å². The van der Waals surface area contributed by atoms with E-state index in [1.165, 1.54) is 5.01 Å². The molecule has 0 radical (unpaired) electrons. The predicted molar refractivity (Wildman–Crippen MR) is 73.4 cm³/mol. The largest absolute Gasteiger partial charge is 0.395 e. The molecule has 0 aliphatic heterocycles. The minimum atomic E-state index is 0.128. The monoisotopic (exact) mass is 256 g/mol. The second-order valence-corrected chi connectivity index (χ2v) is 6.54.